The second kappa shape index (κ2) is 5.54. The van der Waals surface area contributed by atoms with E-state index >= 15 is 0 Å². The average molecular weight is 293 g/mol. The number of amidine groups is 1. The number of aromatic nitrogens is 1. The third-order valence-corrected chi connectivity index (χ3v) is 2.69. The van der Waals surface area contributed by atoms with Crippen LogP contribution in [0.4, 0.5) is 5.69 Å². The maximum atomic E-state index is 10.6. The fourth-order valence-electron chi connectivity index (χ4n) is 1.47. The van der Waals surface area contributed by atoms with Crippen LogP contribution in [0.1, 0.15) is 5.56 Å². The second-order valence-corrected chi connectivity index (χ2v) is 4.15. The van der Waals surface area contributed by atoms with Gasteiger partial charge < -0.3 is 10.5 Å². The first-order valence-corrected chi connectivity index (χ1v) is 5.78. The van der Waals surface area contributed by atoms with E-state index in [0.29, 0.717) is 5.56 Å². The van der Waals surface area contributed by atoms with Crippen molar-refractivity contribution in [3.05, 3.63) is 57.2 Å². The molecule has 1 aromatic carbocycles. The molecule has 0 aliphatic carbocycles. The fourth-order valence-corrected chi connectivity index (χ4v) is 1.68. The molecule has 0 radical (unpaired) electrons. The molecule has 3 N–H and O–H groups in total. The summed E-state index contributed by atoms with van der Waals surface area (Å²) in [6, 6.07) is 6.98. The molecule has 0 aliphatic rings. The van der Waals surface area contributed by atoms with E-state index in [1.54, 1.807) is 12.1 Å². The van der Waals surface area contributed by atoms with Crippen LogP contribution in [-0.4, -0.2) is 15.7 Å². The van der Waals surface area contributed by atoms with Crippen LogP contribution in [0.15, 0.2) is 36.5 Å². The van der Waals surface area contributed by atoms with Crippen LogP contribution in [0.3, 0.4) is 0 Å². The Morgan fingerprint density at radius 1 is 1.45 bits per heavy atom. The van der Waals surface area contributed by atoms with Gasteiger partial charge >= 0.3 is 0 Å². The lowest BCUT2D eigenvalue weighted by atomic mass is 10.2. The number of nitrogens with two attached hydrogens (primary N) is 1. The Kier molecular flexibility index (Phi) is 3.81. The SMILES string of the molecule is N=C(N)c1cccnc1Oc1ccc([N+](=O)[O-])cc1Cl. The molecular weight excluding hydrogens is 284 g/mol. The Morgan fingerprint density at radius 2 is 2.20 bits per heavy atom. The molecule has 0 amide bonds. The van der Waals surface area contributed by atoms with Crippen LogP contribution in [0.2, 0.25) is 5.02 Å². The fraction of sp³-hybridized carbons (Fsp3) is 0. The number of nitrogens with zero attached hydrogens (tertiary/aromatic N) is 2. The first kappa shape index (κ1) is 13.8. The molecule has 1 aromatic heterocycles. The first-order chi connectivity index (χ1) is 9.49. The lowest BCUT2D eigenvalue weighted by Crippen LogP contribution is -2.12. The number of nitrogens with one attached hydrogen (secondary N) is 1. The Hall–Kier alpha value is -2.67. The summed E-state index contributed by atoms with van der Waals surface area (Å²) in [6.07, 6.45) is 1.47. The van der Waals surface area contributed by atoms with Gasteiger partial charge in [0.15, 0.2) is 0 Å². The van der Waals surface area contributed by atoms with Crippen molar-refractivity contribution in [1.29, 1.82) is 5.41 Å². The number of benzene rings is 1. The number of hydrogen-bond acceptors (Lipinski definition) is 5. The van der Waals surface area contributed by atoms with Gasteiger partial charge in [0.05, 0.1) is 15.5 Å². The van der Waals surface area contributed by atoms with Crippen molar-refractivity contribution < 1.29 is 9.66 Å². The third-order valence-electron chi connectivity index (χ3n) is 2.39. The van der Waals surface area contributed by atoms with Gasteiger partial charge in [0, 0.05) is 18.3 Å². The molecule has 0 atom stereocenters. The van der Waals surface area contributed by atoms with Crippen LogP contribution >= 0.6 is 11.6 Å². The number of nitro benzene ring substituents is 1. The van der Waals surface area contributed by atoms with E-state index in [1.165, 1.54) is 24.4 Å². The van der Waals surface area contributed by atoms with Crippen molar-refractivity contribution in [2.45, 2.75) is 0 Å². The van der Waals surface area contributed by atoms with Gasteiger partial charge in [-0.05, 0) is 18.2 Å². The number of halogens is 1. The van der Waals surface area contributed by atoms with Crippen molar-refractivity contribution in [3.63, 3.8) is 0 Å². The Bertz CT molecular complexity index is 690. The smallest absolute Gasteiger partial charge is 0.271 e. The Labute approximate surface area is 118 Å². The van der Waals surface area contributed by atoms with E-state index in [2.05, 4.69) is 4.98 Å². The van der Waals surface area contributed by atoms with E-state index in [4.69, 9.17) is 27.5 Å². The van der Waals surface area contributed by atoms with Gasteiger partial charge in [0.25, 0.3) is 5.69 Å². The summed E-state index contributed by atoms with van der Waals surface area (Å²) >= 11 is 5.91. The highest BCUT2D eigenvalue weighted by Gasteiger charge is 2.14. The Morgan fingerprint density at radius 3 is 2.80 bits per heavy atom. The van der Waals surface area contributed by atoms with Crippen molar-refractivity contribution in [1.82, 2.24) is 4.98 Å². The van der Waals surface area contributed by atoms with Gasteiger partial charge in [0.1, 0.15) is 11.6 Å². The van der Waals surface area contributed by atoms with Gasteiger partial charge in [-0.2, -0.15) is 0 Å². The van der Waals surface area contributed by atoms with E-state index in [9.17, 15) is 10.1 Å². The van der Waals surface area contributed by atoms with Crippen LogP contribution in [0.5, 0.6) is 11.6 Å². The molecule has 2 rings (SSSR count). The van der Waals surface area contributed by atoms with Crippen LogP contribution in [-0.2, 0) is 0 Å². The summed E-state index contributed by atoms with van der Waals surface area (Å²) in [6.45, 7) is 0. The molecule has 8 heteroatoms. The molecule has 0 spiro atoms. The van der Waals surface area contributed by atoms with E-state index in [0.717, 1.165) is 0 Å². The highest BCUT2D eigenvalue weighted by molar-refractivity contribution is 6.32. The molecule has 0 saturated heterocycles. The number of ether oxygens (including phenoxy) is 1. The number of rotatable bonds is 4. The summed E-state index contributed by atoms with van der Waals surface area (Å²) in [4.78, 5) is 14.0. The molecule has 0 bridgehead atoms. The second-order valence-electron chi connectivity index (χ2n) is 3.74. The highest BCUT2D eigenvalue weighted by atomic mass is 35.5. The Balaban J connectivity index is 2.36. The van der Waals surface area contributed by atoms with Gasteiger partial charge in [-0.15, -0.1) is 0 Å². The topological polar surface area (TPSA) is 115 Å². The standard InChI is InChI=1S/C12H9ClN4O3/c13-9-6-7(17(18)19)3-4-10(9)20-12-8(11(14)15)2-1-5-16-12/h1-6H,(H3,14,15). The zero-order valence-corrected chi connectivity index (χ0v) is 10.8. The number of pyridine rings is 1. The molecule has 0 unspecified atom stereocenters. The maximum absolute atomic E-state index is 10.6. The van der Waals surface area contributed by atoms with Gasteiger partial charge in [-0.3, -0.25) is 15.5 Å². The zero-order valence-electron chi connectivity index (χ0n) is 10.0. The summed E-state index contributed by atoms with van der Waals surface area (Å²) < 4.78 is 5.45. The van der Waals surface area contributed by atoms with Crippen LogP contribution in [0.25, 0.3) is 0 Å². The minimum Gasteiger partial charge on any atom is -0.437 e. The van der Waals surface area contributed by atoms with E-state index in [-0.39, 0.29) is 28.2 Å². The number of nitro groups is 1. The van der Waals surface area contributed by atoms with Crippen molar-refractivity contribution in [3.8, 4) is 11.6 Å². The molecular formula is C12H9ClN4O3. The van der Waals surface area contributed by atoms with Crippen molar-refractivity contribution >= 4 is 23.1 Å². The summed E-state index contributed by atoms with van der Waals surface area (Å²) in [7, 11) is 0. The number of non-ortho nitro benzene ring substituents is 1. The minimum absolute atomic E-state index is 0.0688. The molecule has 7 nitrogen and oxygen atoms in total. The molecule has 1 heterocycles. The lowest BCUT2D eigenvalue weighted by Gasteiger charge is -2.09. The van der Waals surface area contributed by atoms with Crippen molar-refractivity contribution in [2.75, 3.05) is 0 Å². The summed E-state index contributed by atoms with van der Waals surface area (Å²) in [5.41, 5.74) is 5.58. The predicted octanol–water partition coefficient (Wildman–Crippen LogP) is 2.72. The van der Waals surface area contributed by atoms with Gasteiger partial charge in [0.2, 0.25) is 5.88 Å². The average Bonchev–Trinajstić information content (AvgIpc) is 2.41. The van der Waals surface area contributed by atoms with Gasteiger partial charge in [-0.25, -0.2) is 4.98 Å². The molecule has 0 saturated carbocycles. The van der Waals surface area contributed by atoms with Gasteiger partial charge in [-0.1, -0.05) is 11.6 Å². The first-order valence-electron chi connectivity index (χ1n) is 5.40. The minimum atomic E-state index is -0.558. The predicted molar refractivity (Wildman–Crippen MR) is 73.4 cm³/mol. The van der Waals surface area contributed by atoms with Crippen LogP contribution in [0, 0.1) is 15.5 Å². The zero-order chi connectivity index (χ0) is 14.7. The summed E-state index contributed by atoms with van der Waals surface area (Å²) in [5.74, 6) is 0.0975. The quantitative estimate of drug-likeness (QED) is 0.389. The number of hydrogen-bond donors (Lipinski definition) is 2. The van der Waals surface area contributed by atoms with Crippen molar-refractivity contribution in [2.24, 2.45) is 5.73 Å². The largest absolute Gasteiger partial charge is 0.437 e. The lowest BCUT2D eigenvalue weighted by molar-refractivity contribution is -0.384. The maximum Gasteiger partial charge on any atom is 0.271 e. The highest BCUT2D eigenvalue weighted by Crippen LogP contribution is 2.32. The molecule has 102 valence electrons. The van der Waals surface area contributed by atoms with E-state index in [1.807, 2.05) is 0 Å². The normalized spacial score (nSPS) is 10.1. The molecule has 0 fully saturated rings. The molecule has 2 aromatic rings. The van der Waals surface area contributed by atoms with Crippen LogP contribution < -0.4 is 10.5 Å². The number of nitrogen functional groups attached to an aromatic ring is 1. The summed E-state index contributed by atoms with van der Waals surface area (Å²) in [5, 5.41) is 18.1. The van der Waals surface area contributed by atoms with E-state index < -0.39 is 4.92 Å². The monoisotopic (exact) mass is 292 g/mol. The molecule has 0 aliphatic heterocycles. The molecule has 20 heavy (non-hydrogen) atoms. The third kappa shape index (κ3) is 2.83.